The maximum atomic E-state index is 12.6. The van der Waals surface area contributed by atoms with Crippen molar-refractivity contribution in [2.45, 2.75) is 58.0 Å². The van der Waals surface area contributed by atoms with Gasteiger partial charge >= 0.3 is 0 Å². The van der Waals surface area contributed by atoms with E-state index in [4.69, 9.17) is 0 Å². The van der Waals surface area contributed by atoms with Crippen molar-refractivity contribution in [2.75, 3.05) is 6.54 Å². The van der Waals surface area contributed by atoms with Gasteiger partial charge in [-0.3, -0.25) is 9.59 Å². The average Bonchev–Trinajstić information content (AvgIpc) is 3.19. The number of hydrogen-bond acceptors (Lipinski definition) is 2. The molecule has 3 fully saturated rings. The van der Waals surface area contributed by atoms with Crippen LogP contribution < -0.4 is 5.32 Å². The summed E-state index contributed by atoms with van der Waals surface area (Å²) in [5, 5.41) is 2.89. The molecule has 1 N–H and O–H groups in total. The Hall–Kier alpha value is -1.06. The lowest BCUT2D eigenvalue weighted by molar-refractivity contribution is -0.148. The molecule has 19 heavy (non-hydrogen) atoms. The van der Waals surface area contributed by atoms with Gasteiger partial charge in [0.1, 0.15) is 6.04 Å². The number of hydrogen-bond donors (Lipinski definition) is 1. The van der Waals surface area contributed by atoms with Gasteiger partial charge in [0.05, 0.1) is 6.54 Å². The Morgan fingerprint density at radius 1 is 1.05 bits per heavy atom. The SMILES string of the molecule is CC1CCC(N2CC(=O)NC(C3CC3)C2=O)CC1C. The molecule has 2 amide bonds. The van der Waals surface area contributed by atoms with Crippen molar-refractivity contribution >= 4 is 11.8 Å². The first-order chi connectivity index (χ1) is 9.06. The molecular weight excluding hydrogens is 240 g/mol. The highest BCUT2D eigenvalue weighted by atomic mass is 16.2. The number of nitrogens with zero attached hydrogens (tertiary/aromatic N) is 1. The smallest absolute Gasteiger partial charge is 0.246 e. The Labute approximate surface area is 114 Å². The van der Waals surface area contributed by atoms with E-state index >= 15 is 0 Å². The van der Waals surface area contributed by atoms with Crippen molar-refractivity contribution in [1.29, 1.82) is 0 Å². The van der Waals surface area contributed by atoms with Gasteiger partial charge in [-0.1, -0.05) is 13.8 Å². The van der Waals surface area contributed by atoms with Gasteiger partial charge < -0.3 is 10.2 Å². The first-order valence-electron chi connectivity index (χ1n) is 7.66. The Balaban J connectivity index is 1.71. The van der Waals surface area contributed by atoms with Crippen molar-refractivity contribution in [3.05, 3.63) is 0 Å². The molecule has 3 aliphatic rings. The van der Waals surface area contributed by atoms with Gasteiger partial charge in [0, 0.05) is 6.04 Å². The summed E-state index contributed by atoms with van der Waals surface area (Å²) in [5.74, 6) is 2.00. The van der Waals surface area contributed by atoms with Crippen LogP contribution in [0.1, 0.15) is 46.0 Å². The van der Waals surface area contributed by atoms with Gasteiger partial charge in [-0.05, 0) is 49.9 Å². The molecule has 3 rings (SSSR count). The summed E-state index contributed by atoms with van der Waals surface area (Å²) in [6.07, 6.45) is 5.45. The zero-order chi connectivity index (χ0) is 13.6. The van der Waals surface area contributed by atoms with Crippen molar-refractivity contribution < 1.29 is 9.59 Å². The number of carbonyl (C=O) groups is 2. The standard InChI is InChI=1S/C15H24N2O2/c1-9-3-6-12(7-10(9)2)17-8-13(18)16-14(15(17)19)11-4-5-11/h9-12,14H,3-8H2,1-2H3,(H,16,18). The zero-order valence-corrected chi connectivity index (χ0v) is 11.9. The first-order valence-corrected chi connectivity index (χ1v) is 7.66. The second kappa shape index (κ2) is 4.80. The van der Waals surface area contributed by atoms with E-state index < -0.39 is 0 Å². The molecular formula is C15H24N2O2. The molecule has 0 radical (unpaired) electrons. The predicted octanol–water partition coefficient (Wildman–Crippen LogP) is 1.55. The minimum atomic E-state index is -0.226. The molecule has 1 saturated heterocycles. The molecule has 1 heterocycles. The maximum Gasteiger partial charge on any atom is 0.246 e. The monoisotopic (exact) mass is 264 g/mol. The Morgan fingerprint density at radius 3 is 2.42 bits per heavy atom. The molecule has 4 nitrogen and oxygen atoms in total. The van der Waals surface area contributed by atoms with Crippen LogP contribution in [0.3, 0.4) is 0 Å². The van der Waals surface area contributed by atoms with E-state index in [1.165, 1.54) is 6.42 Å². The number of carbonyl (C=O) groups excluding carboxylic acids is 2. The molecule has 4 heteroatoms. The predicted molar refractivity (Wildman–Crippen MR) is 72.3 cm³/mol. The first kappa shape index (κ1) is 12.9. The summed E-state index contributed by atoms with van der Waals surface area (Å²) < 4.78 is 0. The normalized spacial score (nSPS) is 40.2. The zero-order valence-electron chi connectivity index (χ0n) is 11.9. The molecule has 0 aromatic rings. The van der Waals surface area contributed by atoms with Crippen LogP contribution in [0, 0.1) is 17.8 Å². The molecule has 106 valence electrons. The van der Waals surface area contributed by atoms with Crippen LogP contribution >= 0.6 is 0 Å². The third kappa shape index (κ3) is 2.49. The van der Waals surface area contributed by atoms with E-state index in [9.17, 15) is 9.59 Å². The molecule has 2 saturated carbocycles. The highest BCUT2D eigenvalue weighted by molar-refractivity contribution is 5.95. The fourth-order valence-electron chi connectivity index (χ4n) is 3.55. The molecule has 0 aromatic heterocycles. The minimum absolute atomic E-state index is 0.0303. The number of rotatable bonds is 2. The summed E-state index contributed by atoms with van der Waals surface area (Å²) in [6, 6.07) is 0.0573. The van der Waals surface area contributed by atoms with Gasteiger partial charge in [-0.15, -0.1) is 0 Å². The fourth-order valence-corrected chi connectivity index (χ4v) is 3.55. The second-order valence-electron chi connectivity index (χ2n) is 6.77. The third-order valence-corrected chi connectivity index (χ3v) is 5.28. The lowest BCUT2D eigenvalue weighted by Gasteiger charge is -2.42. The van der Waals surface area contributed by atoms with Crippen LogP contribution in [0.4, 0.5) is 0 Å². The Kier molecular flexibility index (Phi) is 3.27. The van der Waals surface area contributed by atoms with Gasteiger partial charge in [-0.25, -0.2) is 0 Å². The summed E-state index contributed by atoms with van der Waals surface area (Å²) >= 11 is 0. The van der Waals surface area contributed by atoms with Crippen LogP contribution in [0.5, 0.6) is 0 Å². The lowest BCUT2D eigenvalue weighted by atomic mass is 9.78. The molecule has 1 aliphatic heterocycles. The average molecular weight is 264 g/mol. The summed E-state index contributed by atoms with van der Waals surface area (Å²) in [5.41, 5.74) is 0. The number of piperazine rings is 1. The van der Waals surface area contributed by atoms with Crippen LogP contribution in [-0.2, 0) is 9.59 Å². The molecule has 0 bridgehead atoms. The quantitative estimate of drug-likeness (QED) is 0.822. The van der Waals surface area contributed by atoms with Gasteiger partial charge in [0.25, 0.3) is 0 Å². The van der Waals surface area contributed by atoms with Gasteiger partial charge in [-0.2, -0.15) is 0 Å². The van der Waals surface area contributed by atoms with Crippen LogP contribution in [0.25, 0.3) is 0 Å². The maximum absolute atomic E-state index is 12.6. The molecule has 2 aliphatic carbocycles. The fraction of sp³-hybridized carbons (Fsp3) is 0.867. The van der Waals surface area contributed by atoms with Gasteiger partial charge in [0.2, 0.25) is 11.8 Å². The molecule has 0 spiro atoms. The number of nitrogens with one attached hydrogen (secondary N) is 1. The van der Waals surface area contributed by atoms with Crippen molar-refractivity contribution in [3.63, 3.8) is 0 Å². The van der Waals surface area contributed by atoms with Crippen molar-refractivity contribution in [2.24, 2.45) is 17.8 Å². The topological polar surface area (TPSA) is 49.4 Å². The summed E-state index contributed by atoms with van der Waals surface area (Å²) in [6.45, 7) is 4.83. The molecule has 4 unspecified atom stereocenters. The van der Waals surface area contributed by atoms with E-state index in [2.05, 4.69) is 19.2 Å². The van der Waals surface area contributed by atoms with E-state index in [0.29, 0.717) is 11.8 Å². The largest absolute Gasteiger partial charge is 0.342 e. The van der Waals surface area contributed by atoms with E-state index in [-0.39, 0.29) is 30.4 Å². The summed E-state index contributed by atoms with van der Waals surface area (Å²) in [7, 11) is 0. The highest BCUT2D eigenvalue weighted by Crippen LogP contribution is 2.37. The van der Waals surface area contributed by atoms with Crippen LogP contribution in [0.2, 0.25) is 0 Å². The second-order valence-corrected chi connectivity index (χ2v) is 6.77. The van der Waals surface area contributed by atoms with E-state index in [1.54, 1.807) is 0 Å². The number of amides is 2. The van der Waals surface area contributed by atoms with E-state index in [1.807, 2.05) is 4.90 Å². The summed E-state index contributed by atoms with van der Waals surface area (Å²) in [4.78, 5) is 26.3. The van der Waals surface area contributed by atoms with Crippen molar-refractivity contribution in [1.82, 2.24) is 10.2 Å². The molecule has 4 atom stereocenters. The Morgan fingerprint density at radius 2 is 1.79 bits per heavy atom. The lowest BCUT2D eigenvalue weighted by Crippen LogP contribution is -2.62. The Bertz CT molecular complexity index is 392. The van der Waals surface area contributed by atoms with Gasteiger partial charge in [0.15, 0.2) is 0 Å². The van der Waals surface area contributed by atoms with Crippen LogP contribution in [-0.4, -0.2) is 35.3 Å². The van der Waals surface area contributed by atoms with Crippen molar-refractivity contribution in [3.8, 4) is 0 Å². The molecule has 0 aromatic carbocycles. The van der Waals surface area contributed by atoms with Crippen LogP contribution in [0.15, 0.2) is 0 Å². The third-order valence-electron chi connectivity index (χ3n) is 5.28. The van der Waals surface area contributed by atoms with E-state index in [0.717, 1.165) is 31.6 Å². The minimum Gasteiger partial charge on any atom is -0.342 e. The highest BCUT2D eigenvalue weighted by Gasteiger charge is 2.45.